The van der Waals surface area contributed by atoms with E-state index in [0.29, 0.717) is 6.42 Å². The number of carboxylic acid groups (broad SMARTS) is 1. The van der Waals surface area contributed by atoms with Gasteiger partial charge in [0.1, 0.15) is 6.04 Å². The van der Waals surface area contributed by atoms with Crippen molar-refractivity contribution >= 4 is 5.97 Å². The van der Waals surface area contributed by atoms with E-state index in [1.54, 1.807) is 0 Å². The zero-order chi connectivity index (χ0) is 6.57. The first-order valence-corrected chi connectivity index (χ1v) is 2.72. The molecule has 0 saturated heterocycles. The molecular formula is C5H11NO2. The van der Waals surface area contributed by atoms with Crippen LogP contribution in [0.4, 0.5) is 0 Å². The Kier molecular flexibility index (Phi) is 3.19. The van der Waals surface area contributed by atoms with Crippen molar-refractivity contribution in [3.63, 3.8) is 0 Å². The molecule has 0 aromatic carbocycles. The molecule has 3 nitrogen and oxygen atoms in total. The number of hydrogen-bond donors (Lipinski definition) is 1. The lowest BCUT2D eigenvalue weighted by atomic mass is 10.2. The van der Waals surface area contributed by atoms with Gasteiger partial charge in [0, 0.05) is 6.42 Å². The minimum Gasteiger partial charge on any atom is -0.544 e. The Morgan fingerprint density at radius 2 is 2.38 bits per heavy atom. The zero-order valence-corrected chi connectivity index (χ0v) is 5.02. The molecule has 1 atom stereocenters. The second-order valence-corrected chi connectivity index (χ2v) is 1.80. The van der Waals surface area contributed by atoms with Gasteiger partial charge in [-0.3, -0.25) is 0 Å². The molecule has 0 saturated carbocycles. The van der Waals surface area contributed by atoms with Crippen molar-refractivity contribution < 1.29 is 15.6 Å². The van der Waals surface area contributed by atoms with Crippen LogP contribution in [0.25, 0.3) is 0 Å². The van der Waals surface area contributed by atoms with Crippen molar-refractivity contribution in [2.45, 2.75) is 25.8 Å². The second kappa shape index (κ2) is 3.43. The highest BCUT2D eigenvalue weighted by atomic mass is 16.4. The maximum Gasteiger partial charge on any atom is 0.124 e. The molecular weight excluding hydrogens is 106 g/mol. The van der Waals surface area contributed by atoms with Gasteiger partial charge in [0.05, 0.1) is 5.97 Å². The van der Waals surface area contributed by atoms with E-state index in [0.717, 1.165) is 6.42 Å². The molecule has 0 aliphatic carbocycles. The van der Waals surface area contributed by atoms with Gasteiger partial charge in [0.2, 0.25) is 0 Å². The van der Waals surface area contributed by atoms with Crippen LogP contribution in [0.2, 0.25) is 0 Å². The first-order valence-electron chi connectivity index (χ1n) is 2.72. The lowest BCUT2D eigenvalue weighted by Gasteiger charge is -2.05. The summed E-state index contributed by atoms with van der Waals surface area (Å²) < 4.78 is 0. The summed E-state index contributed by atoms with van der Waals surface area (Å²) in [6.07, 6.45) is 1.46. The number of rotatable bonds is 3. The van der Waals surface area contributed by atoms with Crippen LogP contribution in [0.5, 0.6) is 0 Å². The smallest absolute Gasteiger partial charge is 0.124 e. The van der Waals surface area contributed by atoms with Gasteiger partial charge >= 0.3 is 0 Å². The predicted octanol–water partition coefficient (Wildman–Crippen LogP) is -1.85. The summed E-state index contributed by atoms with van der Waals surface area (Å²) >= 11 is 0. The van der Waals surface area contributed by atoms with Crippen LogP contribution in [0.3, 0.4) is 0 Å². The summed E-state index contributed by atoms with van der Waals surface area (Å²) in [7, 11) is 0. The van der Waals surface area contributed by atoms with Crippen molar-refractivity contribution in [3.05, 3.63) is 0 Å². The quantitative estimate of drug-likeness (QED) is 0.471. The first-order chi connectivity index (χ1) is 3.68. The van der Waals surface area contributed by atoms with Crippen LogP contribution in [0, 0.1) is 0 Å². The summed E-state index contributed by atoms with van der Waals surface area (Å²) in [5.41, 5.74) is 3.37. The van der Waals surface area contributed by atoms with Crippen LogP contribution in [-0.2, 0) is 4.79 Å². The number of quaternary nitrogens is 1. The molecule has 0 aliphatic rings. The summed E-state index contributed by atoms with van der Waals surface area (Å²) in [6.45, 7) is 1.92. The fourth-order valence-corrected chi connectivity index (χ4v) is 0.466. The predicted molar refractivity (Wildman–Crippen MR) is 26.6 cm³/mol. The van der Waals surface area contributed by atoms with Gasteiger partial charge in [0.25, 0.3) is 0 Å². The van der Waals surface area contributed by atoms with Gasteiger partial charge in [-0.2, -0.15) is 0 Å². The molecule has 0 amide bonds. The molecule has 0 radical (unpaired) electrons. The SMILES string of the molecule is CCCC([NH3+])C(=O)[O-]. The van der Waals surface area contributed by atoms with E-state index < -0.39 is 12.0 Å². The largest absolute Gasteiger partial charge is 0.544 e. The highest BCUT2D eigenvalue weighted by Crippen LogP contribution is 1.87. The van der Waals surface area contributed by atoms with Crippen LogP contribution in [0.15, 0.2) is 0 Å². The molecule has 0 bridgehead atoms. The van der Waals surface area contributed by atoms with Gasteiger partial charge in [-0.1, -0.05) is 13.3 Å². The zero-order valence-electron chi connectivity index (χ0n) is 5.02. The molecule has 0 aromatic rings. The number of carbonyl (C=O) groups is 1. The van der Waals surface area contributed by atoms with Crippen molar-refractivity contribution in [3.8, 4) is 0 Å². The fraction of sp³-hybridized carbons (Fsp3) is 0.800. The van der Waals surface area contributed by atoms with E-state index in [1.807, 2.05) is 6.92 Å². The Balaban J connectivity index is 3.32. The standard InChI is InChI=1S/C5H11NO2/c1-2-3-4(6)5(7)8/h4H,2-3,6H2,1H3,(H,7,8). The van der Waals surface area contributed by atoms with Gasteiger partial charge in [-0.05, 0) is 0 Å². The molecule has 3 N–H and O–H groups in total. The topological polar surface area (TPSA) is 67.8 Å². The average molecular weight is 117 g/mol. The van der Waals surface area contributed by atoms with Crippen molar-refractivity contribution in [2.24, 2.45) is 0 Å². The molecule has 1 unspecified atom stereocenters. The van der Waals surface area contributed by atoms with Crippen LogP contribution in [-0.4, -0.2) is 12.0 Å². The average Bonchev–Trinajstić information content (AvgIpc) is 1.67. The molecule has 0 heterocycles. The van der Waals surface area contributed by atoms with E-state index >= 15 is 0 Å². The summed E-state index contributed by atoms with van der Waals surface area (Å²) in [5.74, 6) is -1.05. The van der Waals surface area contributed by atoms with Gasteiger partial charge in [0.15, 0.2) is 0 Å². The third-order valence-electron chi connectivity index (χ3n) is 0.970. The fourth-order valence-electron chi connectivity index (χ4n) is 0.466. The van der Waals surface area contributed by atoms with Gasteiger partial charge < -0.3 is 15.6 Å². The molecule has 0 fully saturated rings. The normalized spacial score (nSPS) is 13.2. The van der Waals surface area contributed by atoms with Crippen molar-refractivity contribution in [2.75, 3.05) is 0 Å². The minimum absolute atomic E-state index is 0.528. The third kappa shape index (κ3) is 2.58. The summed E-state index contributed by atoms with van der Waals surface area (Å²) in [4.78, 5) is 9.92. The first kappa shape index (κ1) is 7.43. The van der Waals surface area contributed by atoms with Crippen molar-refractivity contribution in [1.82, 2.24) is 0 Å². The second-order valence-electron chi connectivity index (χ2n) is 1.80. The molecule has 0 rings (SSSR count). The Hall–Kier alpha value is -0.570. The van der Waals surface area contributed by atoms with Crippen LogP contribution in [0.1, 0.15) is 19.8 Å². The van der Waals surface area contributed by atoms with Crippen molar-refractivity contribution in [1.29, 1.82) is 0 Å². The number of carboxylic acids is 1. The van der Waals surface area contributed by atoms with Crippen LogP contribution >= 0.6 is 0 Å². The van der Waals surface area contributed by atoms with Gasteiger partial charge in [-0.25, -0.2) is 0 Å². The molecule has 0 aliphatic heterocycles. The number of hydrogen-bond acceptors (Lipinski definition) is 2. The molecule has 0 spiro atoms. The maximum absolute atomic E-state index is 9.92. The lowest BCUT2D eigenvalue weighted by molar-refractivity contribution is -0.438. The van der Waals surface area contributed by atoms with E-state index in [-0.39, 0.29) is 0 Å². The summed E-state index contributed by atoms with van der Waals surface area (Å²) in [6, 6.07) is -0.528. The lowest BCUT2D eigenvalue weighted by Crippen LogP contribution is -2.68. The highest BCUT2D eigenvalue weighted by Gasteiger charge is 2.02. The van der Waals surface area contributed by atoms with E-state index in [1.165, 1.54) is 0 Å². The third-order valence-corrected chi connectivity index (χ3v) is 0.970. The Labute approximate surface area is 48.5 Å². The van der Waals surface area contributed by atoms with E-state index in [2.05, 4.69) is 5.73 Å². The Morgan fingerprint density at radius 1 is 1.88 bits per heavy atom. The van der Waals surface area contributed by atoms with Crippen LogP contribution < -0.4 is 10.8 Å². The Morgan fingerprint density at radius 3 is 2.50 bits per heavy atom. The Bertz CT molecular complexity index is 82.5. The van der Waals surface area contributed by atoms with E-state index in [4.69, 9.17) is 0 Å². The van der Waals surface area contributed by atoms with E-state index in [9.17, 15) is 9.90 Å². The summed E-state index contributed by atoms with van der Waals surface area (Å²) in [5, 5.41) is 9.92. The molecule has 3 heteroatoms. The van der Waals surface area contributed by atoms with Gasteiger partial charge in [-0.15, -0.1) is 0 Å². The molecule has 8 heavy (non-hydrogen) atoms. The highest BCUT2D eigenvalue weighted by molar-refractivity contribution is 5.68. The maximum atomic E-state index is 9.92. The number of aliphatic carboxylic acids is 1. The minimum atomic E-state index is -1.05. The monoisotopic (exact) mass is 117 g/mol. The molecule has 48 valence electrons. The molecule has 0 aromatic heterocycles. The number of carbonyl (C=O) groups excluding carboxylic acids is 1.